The van der Waals surface area contributed by atoms with Crippen molar-refractivity contribution in [2.75, 3.05) is 0 Å². The molecule has 0 aliphatic carbocycles. The summed E-state index contributed by atoms with van der Waals surface area (Å²) in [4.78, 5) is 38.2. The van der Waals surface area contributed by atoms with Crippen LogP contribution in [0.2, 0.25) is 5.02 Å². The Morgan fingerprint density at radius 3 is 2.22 bits per heavy atom. The van der Waals surface area contributed by atoms with E-state index in [2.05, 4.69) is 5.32 Å². The summed E-state index contributed by atoms with van der Waals surface area (Å²) in [5.41, 5.74) is 0.739. The minimum atomic E-state index is -1.35. The van der Waals surface area contributed by atoms with Crippen LogP contribution in [0, 0.1) is 0 Å². The highest BCUT2D eigenvalue weighted by Crippen LogP contribution is 2.16. The number of pyridine rings is 1. The summed E-state index contributed by atoms with van der Waals surface area (Å²) in [6.45, 7) is 0.244. The molecule has 3 rings (SSSR count). The zero-order chi connectivity index (χ0) is 19.2. The van der Waals surface area contributed by atoms with Gasteiger partial charge in [0.25, 0.3) is 11.5 Å². The molecule has 0 spiro atoms. The van der Waals surface area contributed by atoms with E-state index in [9.17, 15) is 14.4 Å². The van der Waals surface area contributed by atoms with Gasteiger partial charge in [-0.15, -0.1) is 0 Å². The van der Waals surface area contributed by atoms with Gasteiger partial charge in [-0.05, 0) is 11.6 Å². The van der Waals surface area contributed by atoms with Crippen molar-refractivity contribution in [1.82, 2.24) is 9.88 Å². The summed E-state index contributed by atoms with van der Waals surface area (Å²) in [5, 5.41) is 2.99. The molecule has 0 saturated heterocycles. The van der Waals surface area contributed by atoms with Crippen LogP contribution in [0.1, 0.15) is 22.0 Å². The third-order valence-corrected chi connectivity index (χ3v) is 4.27. The van der Waals surface area contributed by atoms with E-state index in [1.54, 1.807) is 30.3 Å². The van der Waals surface area contributed by atoms with Gasteiger partial charge in [-0.25, -0.2) is 0 Å². The largest absolute Gasteiger partial charge is 0.350 e. The Hall–Kier alpha value is -3.18. The van der Waals surface area contributed by atoms with E-state index in [0.29, 0.717) is 5.56 Å². The zero-order valence-corrected chi connectivity index (χ0v) is 15.1. The van der Waals surface area contributed by atoms with Crippen LogP contribution in [0.3, 0.4) is 0 Å². The topological polar surface area (TPSA) is 68.2 Å². The average Bonchev–Trinajstić information content (AvgIpc) is 2.70. The molecule has 1 aromatic heterocycles. The second kappa shape index (κ2) is 8.47. The first-order valence-corrected chi connectivity index (χ1v) is 8.72. The second-order valence-electron chi connectivity index (χ2n) is 5.93. The highest BCUT2D eigenvalue weighted by molar-refractivity contribution is 6.30. The molecule has 0 aliphatic heterocycles. The molecule has 1 amide bonds. The fourth-order valence-electron chi connectivity index (χ4n) is 2.69. The molecule has 6 heteroatoms. The number of nitrogens with zero attached hydrogens (tertiary/aromatic N) is 1. The van der Waals surface area contributed by atoms with Crippen LogP contribution in [-0.4, -0.2) is 16.3 Å². The lowest BCUT2D eigenvalue weighted by atomic mass is 10.0. The number of nitrogens with one attached hydrogen (secondary N) is 1. The molecule has 0 saturated carbocycles. The number of carbonyl (C=O) groups is 2. The normalized spacial score (nSPS) is 11.6. The highest BCUT2D eigenvalue weighted by atomic mass is 35.5. The Morgan fingerprint density at radius 1 is 0.926 bits per heavy atom. The summed E-state index contributed by atoms with van der Waals surface area (Å²) in [6, 6.07) is 19.0. The molecule has 0 unspecified atom stereocenters. The molecule has 5 nitrogen and oxygen atoms in total. The number of halogens is 1. The fraction of sp³-hybridized carbons (Fsp3) is 0.0952. The van der Waals surface area contributed by atoms with E-state index in [0.717, 1.165) is 10.1 Å². The molecule has 0 fully saturated rings. The van der Waals surface area contributed by atoms with Crippen molar-refractivity contribution in [2.24, 2.45) is 0 Å². The van der Waals surface area contributed by atoms with Gasteiger partial charge in [0.1, 0.15) is 0 Å². The predicted molar refractivity (Wildman–Crippen MR) is 104 cm³/mol. The van der Waals surface area contributed by atoms with Crippen molar-refractivity contribution < 1.29 is 9.59 Å². The minimum Gasteiger partial charge on any atom is -0.350 e. The maximum atomic E-state index is 13.0. The second-order valence-corrected chi connectivity index (χ2v) is 6.37. The number of amides is 1. The van der Waals surface area contributed by atoms with Gasteiger partial charge in [-0.1, -0.05) is 72.3 Å². The average molecular weight is 381 g/mol. The zero-order valence-electron chi connectivity index (χ0n) is 14.3. The van der Waals surface area contributed by atoms with Crippen LogP contribution in [0.5, 0.6) is 0 Å². The lowest BCUT2D eigenvalue weighted by Gasteiger charge is -2.19. The number of hydrogen-bond donors (Lipinski definition) is 1. The van der Waals surface area contributed by atoms with E-state index >= 15 is 0 Å². The number of ketones is 1. The van der Waals surface area contributed by atoms with E-state index in [-0.39, 0.29) is 11.6 Å². The summed E-state index contributed by atoms with van der Waals surface area (Å²) in [7, 11) is 0. The first-order valence-electron chi connectivity index (χ1n) is 8.35. The van der Waals surface area contributed by atoms with Crippen molar-refractivity contribution in [1.29, 1.82) is 0 Å². The van der Waals surface area contributed by atoms with Crippen LogP contribution in [0.25, 0.3) is 0 Å². The summed E-state index contributed by atoms with van der Waals surface area (Å²) in [5.74, 6) is -1.05. The van der Waals surface area contributed by atoms with Crippen LogP contribution in [-0.2, 0) is 11.3 Å². The van der Waals surface area contributed by atoms with Crippen LogP contribution in [0.4, 0.5) is 0 Å². The molecule has 0 bridgehead atoms. The van der Waals surface area contributed by atoms with Gasteiger partial charge in [0.15, 0.2) is 11.8 Å². The Kier molecular flexibility index (Phi) is 5.84. The standard InChI is InChI=1S/C21H17ClN2O3/c22-17-11-12-18(25)24(14-17)19(20(26)16-9-5-2-6-10-16)21(27)23-13-15-7-3-1-4-8-15/h1-12,14,19H,13H2,(H,23,27)/t19-/m0/s1. The molecule has 27 heavy (non-hydrogen) atoms. The third-order valence-electron chi connectivity index (χ3n) is 4.04. The molecule has 0 radical (unpaired) electrons. The molecule has 1 heterocycles. The SMILES string of the molecule is O=C(NCc1ccccc1)[C@H](C(=O)c1ccccc1)n1cc(Cl)ccc1=O. The van der Waals surface area contributed by atoms with E-state index in [4.69, 9.17) is 11.6 Å². The Labute approximate surface area is 161 Å². The lowest BCUT2D eigenvalue weighted by Crippen LogP contribution is -2.41. The fourth-order valence-corrected chi connectivity index (χ4v) is 2.86. The molecular formula is C21H17ClN2O3. The first kappa shape index (κ1) is 18.6. The Balaban J connectivity index is 1.94. The van der Waals surface area contributed by atoms with E-state index in [1.807, 2.05) is 30.3 Å². The van der Waals surface area contributed by atoms with Gasteiger partial charge in [-0.3, -0.25) is 19.0 Å². The molecular weight excluding hydrogens is 364 g/mol. The molecule has 1 atom stereocenters. The quantitative estimate of drug-likeness (QED) is 0.527. The molecule has 0 aliphatic rings. The van der Waals surface area contributed by atoms with Gasteiger partial charge in [0.05, 0.1) is 5.02 Å². The van der Waals surface area contributed by atoms with Crippen LogP contribution >= 0.6 is 11.6 Å². The molecule has 2 aromatic carbocycles. The number of hydrogen-bond acceptors (Lipinski definition) is 3. The molecule has 3 aromatic rings. The number of benzene rings is 2. The van der Waals surface area contributed by atoms with Crippen molar-refractivity contribution in [2.45, 2.75) is 12.6 Å². The van der Waals surface area contributed by atoms with Gasteiger partial charge in [0, 0.05) is 24.4 Å². The van der Waals surface area contributed by atoms with Crippen LogP contribution in [0.15, 0.2) is 83.8 Å². The minimum absolute atomic E-state index is 0.244. The first-order chi connectivity index (χ1) is 13.1. The highest BCUT2D eigenvalue weighted by Gasteiger charge is 2.30. The molecule has 136 valence electrons. The number of carbonyl (C=O) groups excluding carboxylic acids is 2. The summed E-state index contributed by atoms with van der Waals surface area (Å²) in [6.07, 6.45) is 1.30. The number of aromatic nitrogens is 1. The lowest BCUT2D eigenvalue weighted by molar-refractivity contribution is -0.123. The van der Waals surface area contributed by atoms with Gasteiger partial charge in [-0.2, -0.15) is 0 Å². The Morgan fingerprint density at radius 2 is 1.56 bits per heavy atom. The number of Topliss-reactive ketones (excluding diaryl/α,β-unsaturated/α-hetero) is 1. The molecule has 1 N–H and O–H groups in total. The van der Waals surface area contributed by atoms with Crippen LogP contribution < -0.4 is 10.9 Å². The van der Waals surface area contributed by atoms with Crippen molar-refractivity contribution >= 4 is 23.3 Å². The summed E-state index contributed by atoms with van der Waals surface area (Å²) >= 11 is 5.99. The van der Waals surface area contributed by atoms with Gasteiger partial charge in [0.2, 0.25) is 0 Å². The Bertz CT molecular complexity index is 1000. The number of rotatable bonds is 6. The predicted octanol–water partition coefficient (Wildman–Crippen LogP) is 3.24. The summed E-state index contributed by atoms with van der Waals surface area (Å²) < 4.78 is 1.07. The maximum Gasteiger partial charge on any atom is 0.251 e. The third kappa shape index (κ3) is 4.51. The van der Waals surface area contributed by atoms with Crippen molar-refractivity contribution in [3.8, 4) is 0 Å². The monoisotopic (exact) mass is 380 g/mol. The van der Waals surface area contributed by atoms with Gasteiger partial charge >= 0.3 is 0 Å². The van der Waals surface area contributed by atoms with Gasteiger partial charge < -0.3 is 5.32 Å². The van der Waals surface area contributed by atoms with Crippen molar-refractivity contribution in [3.05, 3.63) is 105 Å². The van der Waals surface area contributed by atoms with E-state index < -0.39 is 23.3 Å². The van der Waals surface area contributed by atoms with Crippen molar-refractivity contribution in [3.63, 3.8) is 0 Å². The maximum absolute atomic E-state index is 13.0. The van der Waals surface area contributed by atoms with E-state index in [1.165, 1.54) is 18.3 Å². The smallest absolute Gasteiger partial charge is 0.251 e.